The maximum absolute atomic E-state index is 11.5. The first-order chi connectivity index (χ1) is 7.31. The van der Waals surface area contributed by atoms with Crippen molar-refractivity contribution in [2.75, 3.05) is 32.8 Å². The van der Waals surface area contributed by atoms with E-state index in [1.54, 1.807) is 0 Å². The molecule has 2 fully saturated rings. The van der Waals surface area contributed by atoms with Gasteiger partial charge in [0.2, 0.25) is 0 Å². The number of halogens is 1. The fourth-order valence-corrected chi connectivity index (χ4v) is 2.29. The molecule has 0 bridgehead atoms. The minimum Gasteiger partial charge on any atom is -0.466 e. The van der Waals surface area contributed by atoms with E-state index >= 15 is 0 Å². The average molecular weight is 249 g/mol. The number of ether oxygens (including phenoxy) is 1. The number of nitrogens with one attached hydrogen (secondary N) is 1. The molecule has 2 aliphatic rings. The number of carbonyl (C=O) groups is 1. The largest absolute Gasteiger partial charge is 0.466 e. The number of piperidine rings is 1. The molecule has 2 saturated heterocycles. The van der Waals surface area contributed by atoms with Crippen molar-refractivity contribution in [1.29, 1.82) is 0 Å². The molecule has 16 heavy (non-hydrogen) atoms. The summed E-state index contributed by atoms with van der Waals surface area (Å²) >= 11 is 0. The Kier molecular flexibility index (Phi) is 5.52. The van der Waals surface area contributed by atoms with Crippen molar-refractivity contribution in [3.8, 4) is 0 Å². The van der Waals surface area contributed by atoms with Crippen molar-refractivity contribution in [3.05, 3.63) is 0 Å². The van der Waals surface area contributed by atoms with Crippen LogP contribution < -0.4 is 5.32 Å². The lowest BCUT2D eigenvalue weighted by Crippen LogP contribution is -2.59. The number of likely N-dealkylation sites (tertiary alicyclic amines) is 1. The molecule has 0 aliphatic carbocycles. The molecule has 2 rings (SSSR count). The summed E-state index contributed by atoms with van der Waals surface area (Å²) < 4.78 is 5.05. The molecule has 5 heteroatoms. The predicted molar refractivity (Wildman–Crippen MR) is 64.8 cm³/mol. The minimum absolute atomic E-state index is 0. The Labute approximate surface area is 103 Å². The lowest BCUT2D eigenvalue weighted by molar-refractivity contribution is -0.149. The summed E-state index contributed by atoms with van der Waals surface area (Å²) in [7, 11) is 0. The van der Waals surface area contributed by atoms with Gasteiger partial charge in [-0.25, -0.2) is 0 Å². The second kappa shape index (κ2) is 6.42. The Hall–Kier alpha value is -0.320. The average Bonchev–Trinajstić information content (AvgIpc) is 2.16. The van der Waals surface area contributed by atoms with E-state index in [9.17, 15) is 4.79 Å². The summed E-state index contributed by atoms with van der Waals surface area (Å²) in [5.41, 5.74) is 0. The number of hydrogen-bond donors (Lipinski definition) is 1. The van der Waals surface area contributed by atoms with E-state index in [0.717, 1.165) is 39.0 Å². The topological polar surface area (TPSA) is 41.6 Å². The van der Waals surface area contributed by atoms with Gasteiger partial charge in [0, 0.05) is 19.1 Å². The highest BCUT2D eigenvalue weighted by Gasteiger charge is 2.31. The molecule has 0 spiro atoms. The molecule has 2 aliphatic heterocycles. The van der Waals surface area contributed by atoms with E-state index in [1.165, 1.54) is 0 Å². The Morgan fingerprint density at radius 2 is 2.00 bits per heavy atom. The number of hydrogen-bond acceptors (Lipinski definition) is 4. The number of esters is 1. The molecular weight excluding hydrogens is 228 g/mol. The zero-order chi connectivity index (χ0) is 10.7. The second-order valence-corrected chi connectivity index (χ2v) is 4.37. The van der Waals surface area contributed by atoms with Gasteiger partial charge in [-0.2, -0.15) is 0 Å². The molecule has 2 heterocycles. The van der Waals surface area contributed by atoms with Gasteiger partial charge in [-0.3, -0.25) is 9.69 Å². The highest BCUT2D eigenvalue weighted by atomic mass is 35.5. The van der Waals surface area contributed by atoms with Crippen LogP contribution in [0.25, 0.3) is 0 Å². The summed E-state index contributed by atoms with van der Waals surface area (Å²) in [4.78, 5) is 14.0. The van der Waals surface area contributed by atoms with Crippen LogP contribution in [0.4, 0.5) is 0 Å². The highest BCUT2D eigenvalue weighted by Crippen LogP contribution is 2.21. The van der Waals surface area contributed by atoms with Gasteiger partial charge in [0.05, 0.1) is 12.5 Å². The van der Waals surface area contributed by atoms with Gasteiger partial charge in [-0.05, 0) is 32.9 Å². The maximum Gasteiger partial charge on any atom is 0.309 e. The normalized spacial score (nSPS) is 23.3. The van der Waals surface area contributed by atoms with Gasteiger partial charge in [-0.1, -0.05) is 0 Å². The number of nitrogens with zero attached hydrogens (tertiary/aromatic N) is 1. The first-order valence-corrected chi connectivity index (χ1v) is 5.92. The second-order valence-electron chi connectivity index (χ2n) is 4.37. The summed E-state index contributed by atoms with van der Waals surface area (Å²) in [6.45, 7) is 6.71. The molecule has 0 amide bonds. The van der Waals surface area contributed by atoms with Crippen molar-refractivity contribution in [1.82, 2.24) is 10.2 Å². The highest BCUT2D eigenvalue weighted by molar-refractivity contribution is 5.85. The van der Waals surface area contributed by atoms with Crippen LogP contribution in [-0.2, 0) is 9.53 Å². The Bertz CT molecular complexity index is 226. The first-order valence-electron chi connectivity index (χ1n) is 5.92. The van der Waals surface area contributed by atoms with Crippen LogP contribution in [0.3, 0.4) is 0 Å². The number of carbonyl (C=O) groups excluding carboxylic acids is 1. The summed E-state index contributed by atoms with van der Waals surface area (Å²) in [5, 5.41) is 3.28. The van der Waals surface area contributed by atoms with Gasteiger partial charge < -0.3 is 10.1 Å². The van der Waals surface area contributed by atoms with Crippen LogP contribution in [-0.4, -0.2) is 49.7 Å². The SMILES string of the molecule is CCOC(=O)C1CCN(C2CNC2)CC1.Cl. The number of rotatable bonds is 3. The minimum atomic E-state index is 0. The molecule has 0 saturated carbocycles. The van der Waals surface area contributed by atoms with Gasteiger partial charge in [-0.15, -0.1) is 12.4 Å². The molecule has 0 atom stereocenters. The van der Waals surface area contributed by atoms with E-state index < -0.39 is 0 Å². The third kappa shape index (κ3) is 3.09. The molecule has 4 nitrogen and oxygen atoms in total. The van der Waals surface area contributed by atoms with Gasteiger partial charge in [0.25, 0.3) is 0 Å². The van der Waals surface area contributed by atoms with Crippen LogP contribution in [0.15, 0.2) is 0 Å². The van der Waals surface area contributed by atoms with E-state index in [0.29, 0.717) is 12.6 Å². The molecule has 94 valence electrons. The first kappa shape index (κ1) is 13.7. The zero-order valence-electron chi connectivity index (χ0n) is 9.78. The molecule has 0 unspecified atom stereocenters. The Morgan fingerprint density at radius 3 is 2.44 bits per heavy atom. The molecule has 0 aromatic carbocycles. The monoisotopic (exact) mass is 248 g/mol. The standard InChI is InChI=1S/C11H20N2O2.ClH/c1-2-15-11(14)9-3-5-13(6-4-9)10-7-12-8-10;/h9-10,12H,2-8H2,1H3;1H. The fourth-order valence-electron chi connectivity index (χ4n) is 2.29. The molecule has 0 radical (unpaired) electrons. The lowest BCUT2D eigenvalue weighted by atomic mass is 9.95. The molecular formula is C11H21ClN2O2. The lowest BCUT2D eigenvalue weighted by Gasteiger charge is -2.41. The smallest absolute Gasteiger partial charge is 0.309 e. The van der Waals surface area contributed by atoms with E-state index in [1.807, 2.05) is 6.92 Å². The van der Waals surface area contributed by atoms with E-state index in [4.69, 9.17) is 4.74 Å². The van der Waals surface area contributed by atoms with Gasteiger partial charge in [0.15, 0.2) is 0 Å². The van der Waals surface area contributed by atoms with Gasteiger partial charge in [0.1, 0.15) is 0 Å². The summed E-state index contributed by atoms with van der Waals surface area (Å²) in [5.74, 6) is 0.151. The third-order valence-electron chi connectivity index (χ3n) is 3.43. The Morgan fingerprint density at radius 1 is 1.38 bits per heavy atom. The van der Waals surface area contributed by atoms with Crippen molar-refractivity contribution in [2.45, 2.75) is 25.8 Å². The maximum atomic E-state index is 11.5. The van der Waals surface area contributed by atoms with E-state index in [2.05, 4.69) is 10.2 Å². The zero-order valence-corrected chi connectivity index (χ0v) is 10.6. The Balaban J connectivity index is 0.00000128. The van der Waals surface area contributed by atoms with E-state index in [-0.39, 0.29) is 24.3 Å². The van der Waals surface area contributed by atoms with Crippen molar-refractivity contribution in [2.24, 2.45) is 5.92 Å². The van der Waals surface area contributed by atoms with Crippen LogP contribution in [0.1, 0.15) is 19.8 Å². The summed E-state index contributed by atoms with van der Waals surface area (Å²) in [6.07, 6.45) is 1.94. The quantitative estimate of drug-likeness (QED) is 0.745. The fraction of sp³-hybridized carbons (Fsp3) is 0.909. The van der Waals surface area contributed by atoms with Crippen LogP contribution >= 0.6 is 12.4 Å². The predicted octanol–water partition coefficient (Wildman–Crippen LogP) is 0.655. The van der Waals surface area contributed by atoms with Crippen LogP contribution in [0.2, 0.25) is 0 Å². The summed E-state index contributed by atoms with van der Waals surface area (Å²) in [6, 6.07) is 0.716. The van der Waals surface area contributed by atoms with Crippen molar-refractivity contribution >= 4 is 18.4 Å². The molecule has 0 aromatic heterocycles. The molecule has 1 N–H and O–H groups in total. The van der Waals surface area contributed by atoms with Gasteiger partial charge >= 0.3 is 5.97 Å². The van der Waals surface area contributed by atoms with Crippen molar-refractivity contribution < 1.29 is 9.53 Å². The van der Waals surface area contributed by atoms with Crippen LogP contribution in [0.5, 0.6) is 0 Å². The van der Waals surface area contributed by atoms with Crippen molar-refractivity contribution in [3.63, 3.8) is 0 Å². The third-order valence-corrected chi connectivity index (χ3v) is 3.43. The van der Waals surface area contributed by atoms with Crippen LogP contribution in [0, 0.1) is 5.92 Å². The molecule has 0 aromatic rings.